The molecular weight excluding hydrogens is 386 g/mol. The van der Waals surface area contributed by atoms with Gasteiger partial charge in [-0.1, -0.05) is 48.5 Å². The Balaban J connectivity index is 1.53. The summed E-state index contributed by atoms with van der Waals surface area (Å²) in [5.41, 5.74) is 0.866. The van der Waals surface area contributed by atoms with Gasteiger partial charge in [0, 0.05) is 0 Å². The minimum atomic E-state index is -0.718. The molecule has 2 aromatic carbocycles. The predicted molar refractivity (Wildman–Crippen MR) is 109 cm³/mol. The Hall–Kier alpha value is -4.01. The predicted octanol–water partition coefficient (Wildman–Crippen LogP) is 1.72. The lowest BCUT2D eigenvalue weighted by Crippen LogP contribution is -2.32. The van der Waals surface area contributed by atoms with Gasteiger partial charge in [0.2, 0.25) is 0 Å². The SMILES string of the molecule is Cc1nnnn1/C(=C\c1ccccc1)C(=O)OCC(=O)NCCOc1ccccc1. The zero-order valence-corrected chi connectivity index (χ0v) is 16.4. The molecule has 0 saturated carbocycles. The molecule has 1 heterocycles. The van der Waals surface area contributed by atoms with Gasteiger partial charge in [-0.3, -0.25) is 4.79 Å². The summed E-state index contributed by atoms with van der Waals surface area (Å²) in [6.45, 7) is 1.81. The molecule has 1 aromatic heterocycles. The lowest BCUT2D eigenvalue weighted by atomic mass is 10.2. The Bertz CT molecular complexity index is 1000. The molecule has 30 heavy (non-hydrogen) atoms. The zero-order valence-electron chi connectivity index (χ0n) is 16.4. The van der Waals surface area contributed by atoms with Gasteiger partial charge >= 0.3 is 5.97 Å². The number of carbonyl (C=O) groups excluding carboxylic acids is 2. The number of nitrogens with zero attached hydrogens (tertiary/aromatic N) is 4. The van der Waals surface area contributed by atoms with Crippen molar-refractivity contribution in [1.82, 2.24) is 25.5 Å². The molecule has 0 aliphatic carbocycles. The van der Waals surface area contributed by atoms with Crippen LogP contribution in [0.2, 0.25) is 0 Å². The number of tetrazole rings is 1. The van der Waals surface area contributed by atoms with Gasteiger partial charge in [0.15, 0.2) is 18.1 Å². The Morgan fingerprint density at radius 3 is 2.43 bits per heavy atom. The topological polar surface area (TPSA) is 108 Å². The number of nitrogens with one attached hydrogen (secondary N) is 1. The van der Waals surface area contributed by atoms with E-state index in [0.29, 0.717) is 18.2 Å². The van der Waals surface area contributed by atoms with Crippen molar-refractivity contribution in [1.29, 1.82) is 0 Å². The molecule has 0 fully saturated rings. The molecular formula is C21H21N5O4. The summed E-state index contributed by atoms with van der Waals surface area (Å²) in [5, 5.41) is 13.8. The first-order valence-corrected chi connectivity index (χ1v) is 9.27. The van der Waals surface area contributed by atoms with Crippen LogP contribution in [0.5, 0.6) is 5.75 Å². The van der Waals surface area contributed by atoms with Crippen molar-refractivity contribution in [2.75, 3.05) is 19.8 Å². The first kappa shape index (κ1) is 20.7. The monoisotopic (exact) mass is 407 g/mol. The van der Waals surface area contributed by atoms with E-state index in [0.717, 1.165) is 5.56 Å². The number of aromatic nitrogens is 4. The van der Waals surface area contributed by atoms with Gasteiger partial charge in [0.1, 0.15) is 12.4 Å². The molecule has 0 aliphatic heterocycles. The molecule has 0 radical (unpaired) electrons. The first-order chi connectivity index (χ1) is 14.6. The zero-order chi connectivity index (χ0) is 21.2. The third-order valence-electron chi connectivity index (χ3n) is 3.94. The molecule has 9 nitrogen and oxygen atoms in total. The van der Waals surface area contributed by atoms with E-state index < -0.39 is 18.5 Å². The fourth-order valence-corrected chi connectivity index (χ4v) is 2.50. The minimum absolute atomic E-state index is 0.101. The number of para-hydroxylation sites is 1. The number of amides is 1. The van der Waals surface area contributed by atoms with E-state index in [4.69, 9.17) is 9.47 Å². The van der Waals surface area contributed by atoms with Gasteiger partial charge in [-0.2, -0.15) is 4.68 Å². The van der Waals surface area contributed by atoms with Gasteiger partial charge in [0.25, 0.3) is 5.91 Å². The fourth-order valence-electron chi connectivity index (χ4n) is 2.50. The van der Waals surface area contributed by atoms with E-state index >= 15 is 0 Å². The van der Waals surface area contributed by atoms with Crippen LogP contribution < -0.4 is 10.1 Å². The van der Waals surface area contributed by atoms with Crippen molar-refractivity contribution in [2.24, 2.45) is 0 Å². The number of aryl methyl sites for hydroxylation is 1. The Morgan fingerprint density at radius 1 is 1.07 bits per heavy atom. The molecule has 154 valence electrons. The highest BCUT2D eigenvalue weighted by atomic mass is 16.5. The van der Waals surface area contributed by atoms with Crippen LogP contribution >= 0.6 is 0 Å². The lowest BCUT2D eigenvalue weighted by molar-refractivity contribution is -0.143. The average molecular weight is 407 g/mol. The number of benzene rings is 2. The van der Waals surface area contributed by atoms with Crippen LogP contribution in [0.15, 0.2) is 60.7 Å². The van der Waals surface area contributed by atoms with E-state index in [1.54, 1.807) is 13.0 Å². The summed E-state index contributed by atoms with van der Waals surface area (Å²) in [7, 11) is 0. The second kappa shape index (κ2) is 10.5. The van der Waals surface area contributed by atoms with Crippen LogP contribution in [0, 0.1) is 6.92 Å². The van der Waals surface area contributed by atoms with Crippen LogP contribution in [-0.4, -0.2) is 51.8 Å². The van der Waals surface area contributed by atoms with Crippen LogP contribution in [0.1, 0.15) is 11.4 Å². The smallest absolute Gasteiger partial charge is 0.357 e. The van der Waals surface area contributed by atoms with Crippen molar-refractivity contribution in [2.45, 2.75) is 6.92 Å². The highest BCUT2D eigenvalue weighted by molar-refractivity contribution is 6.15. The highest BCUT2D eigenvalue weighted by Gasteiger charge is 2.19. The Labute approximate surface area is 173 Å². The van der Waals surface area contributed by atoms with E-state index in [2.05, 4.69) is 20.8 Å². The number of esters is 1. The first-order valence-electron chi connectivity index (χ1n) is 9.27. The summed E-state index contributed by atoms with van der Waals surface area (Å²) < 4.78 is 11.9. The van der Waals surface area contributed by atoms with Crippen molar-refractivity contribution in [3.05, 3.63) is 72.1 Å². The largest absolute Gasteiger partial charge is 0.492 e. The van der Waals surface area contributed by atoms with E-state index in [1.165, 1.54) is 4.68 Å². The molecule has 3 aromatic rings. The minimum Gasteiger partial charge on any atom is -0.492 e. The highest BCUT2D eigenvalue weighted by Crippen LogP contribution is 2.13. The van der Waals surface area contributed by atoms with Crippen molar-refractivity contribution in [3.8, 4) is 5.75 Å². The van der Waals surface area contributed by atoms with Gasteiger partial charge in [0.05, 0.1) is 6.54 Å². The number of carbonyl (C=O) groups is 2. The summed E-state index contributed by atoms with van der Waals surface area (Å²) >= 11 is 0. The molecule has 9 heteroatoms. The van der Waals surface area contributed by atoms with Crippen molar-refractivity contribution < 1.29 is 19.1 Å². The van der Waals surface area contributed by atoms with Crippen LogP contribution in [0.25, 0.3) is 11.8 Å². The van der Waals surface area contributed by atoms with Crippen LogP contribution in [0.3, 0.4) is 0 Å². The third-order valence-corrected chi connectivity index (χ3v) is 3.94. The number of rotatable bonds is 9. The van der Waals surface area contributed by atoms with E-state index in [-0.39, 0.29) is 12.2 Å². The second-order valence-electron chi connectivity index (χ2n) is 6.17. The second-order valence-corrected chi connectivity index (χ2v) is 6.17. The van der Waals surface area contributed by atoms with E-state index in [9.17, 15) is 9.59 Å². The quantitative estimate of drug-likeness (QED) is 0.327. The van der Waals surface area contributed by atoms with Crippen LogP contribution in [0.4, 0.5) is 0 Å². The Morgan fingerprint density at radius 2 is 1.77 bits per heavy atom. The molecule has 0 spiro atoms. The summed E-state index contributed by atoms with van der Waals surface area (Å²) in [4.78, 5) is 24.6. The summed E-state index contributed by atoms with van der Waals surface area (Å²) in [5.74, 6) is -0.0280. The van der Waals surface area contributed by atoms with Gasteiger partial charge in [-0.25, -0.2) is 4.79 Å². The van der Waals surface area contributed by atoms with Crippen molar-refractivity contribution >= 4 is 23.6 Å². The third kappa shape index (κ3) is 5.99. The standard InChI is InChI=1S/C21H21N5O4/c1-16-23-24-25-26(16)19(14-17-8-4-2-5-9-17)21(28)30-15-20(27)22-12-13-29-18-10-6-3-7-11-18/h2-11,14H,12-13,15H2,1H3,(H,22,27)/b19-14-. The maximum absolute atomic E-state index is 12.6. The maximum atomic E-state index is 12.6. The molecule has 1 amide bonds. The number of hydrogen-bond donors (Lipinski definition) is 1. The summed E-state index contributed by atoms with van der Waals surface area (Å²) in [6.07, 6.45) is 1.59. The maximum Gasteiger partial charge on any atom is 0.357 e. The number of ether oxygens (including phenoxy) is 2. The van der Waals surface area contributed by atoms with Gasteiger partial charge in [-0.05, 0) is 41.1 Å². The van der Waals surface area contributed by atoms with E-state index in [1.807, 2.05) is 60.7 Å². The molecule has 3 rings (SSSR count). The molecule has 0 unspecified atom stereocenters. The Kier molecular flexibility index (Phi) is 7.26. The van der Waals surface area contributed by atoms with Crippen molar-refractivity contribution in [3.63, 3.8) is 0 Å². The molecule has 0 atom stereocenters. The molecule has 0 bridgehead atoms. The normalized spacial score (nSPS) is 11.0. The molecule has 1 N–H and O–H groups in total. The van der Waals surface area contributed by atoms with Gasteiger partial charge < -0.3 is 14.8 Å². The fraction of sp³-hybridized carbons (Fsp3) is 0.190. The molecule has 0 aliphatic rings. The molecule has 0 saturated heterocycles. The summed E-state index contributed by atoms with van der Waals surface area (Å²) in [6, 6.07) is 18.5. The number of hydrogen-bond acceptors (Lipinski definition) is 7. The van der Waals surface area contributed by atoms with Crippen LogP contribution in [-0.2, 0) is 14.3 Å². The lowest BCUT2D eigenvalue weighted by Gasteiger charge is -2.10. The van der Waals surface area contributed by atoms with Gasteiger partial charge in [-0.15, -0.1) is 5.10 Å². The average Bonchev–Trinajstić information content (AvgIpc) is 3.20.